The highest BCUT2D eigenvalue weighted by molar-refractivity contribution is 5.11. The minimum absolute atomic E-state index is 0.319. The molecular weight excluding hydrogens is 172 g/mol. The van der Waals surface area contributed by atoms with E-state index in [4.69, 9.17) is 0 Å². The molecule has 0 aliphatic heterocycles. The molecule has 1 rings (SSSR count). The Morgan fingerprint density at radius 1 is 1.43 bits per heavy atom. The molecule has 0 aliphatic rings. The molecule has 0 radical (unpaired) electrons. The lowest BCUT2D eigenvalue weighted by Crippen LogP contribution is -2.00. The molecule has 0 aromatic carbocycles. The van der Waals surface area contributed by atoms with Gasteiger partial charge in [-0.05, 0) is 12.5 Å². The summed E-state index contributed by atoms with van der Waals surface area (Å²) in [5.74, 6) is 1.21. The van der Waals surface area contributed by atoms with E-state index in [9.17, 15) is 0 Å². The van der Waals surface area contributed by atoms with Crippen molar-refractivity contribution in [2.24, 2.45) is 0 Å². The second kappa shape index (κ2) is 6.08. The van der Waals surface area contributed by atoms with Crippen molar-refractivity contribution in [2.75, 3.05) is 0 Å². The molecule has 2 heteroatoms. The van der Waals surface area contributed by atoms with E-state index in [1.165, 1.54) is 0 Å². The van der Waals surface area contributed by atoms with Gasteiger partial charge in [-0.15, -0.1) is 0 Å². The maximum absolute atomic E-state index is 4.25. The number of hydrogen-bond donors (Lipinski definition) is 0. The Morgan fingerprint density at radius 2 is 2.14 bits per heavy atom. The molecule has 1 aromatic rings. The van der Waals surface area contributed by atoms with Gasteiger partial charge >= 0.3 is 0 Å². The summed E-state index contributed by atoms with van der Waals surface area (Å²) in [6.45, 7) is 5.82. The molecule has 14 heavy (non-hydrogen) atoms. The molecule has 2 nitrogen and oxygen atoms in total. The third-order valence-electron chi connectivity index (χ3n) is 2.00. The van der Waals surface area contributed by atoms with Gasteiger partial charge in [-0.1, -0.05) is 38.2 Å². The van der Waals surface area contributed by atoms with Crippen LogP contribution in [0.15, 0.2) is 43.3 Å². The molecule has 0 bridgehead atoms. The molecule has 0 fully saturated rings. The van der Waals surface area contributed by atoms with Gasteiger partial charge < -0.3 is 0 Å². The van der Waals surface area contributed by atoms with Gasteiger partial charge in [-0.3, -0.25) is 0 Å². The summed E-state index contributed by atoms with van der Waals surface area (Å²) in [7, 11) is 0. The number of rotatable bonds is 5. The average Bonchev–Trinajstić information content (AvgIpc) is 2.25. The quantitative estimate of drug-likeness (QED) is 0.663. The van der Waals surface area contributed by atoms with Crippen LogP contribution in [0.5, 0.6) is 0 Å². The fourth-order valence-corrected chi connectivity index (χ4v) is 1.34. The molecule has 1 aromatic heterocycles. The molecule has 0 saturated heterocycles. The van der Waals surface area contributed by atoms with Crippen LogP contribution < -0.4 is 0 Å². The zero-order valence-corrected chi connectivity index (χ0v) is 8.56. The summed E-state index contributed by atoms with van der Waals surface area (Å²) in [5, 5.41) is 0. The highest BCUT2D eigenvalue weighted by Gasteiger charge is 2.08. The molecule has 0 saturated carbocycles. The van der Waals surface area contributed by atoms with Gasteiger partial charge in [0.1, 0.15) is 5.82 Å². The minimum Gasteiger partial charge on any atom is -0.241 e. The van der Waals surface area contributed by atoms with Crippen LogP contribution in [0, 0.1) is 0 Å². The van der Waals surface area contributed by atoms with Crippen LogP contribution in [-0.2, 0) is 0 Å². The van der Waals surface area contributed by atoms with E-state index in [0.29, 0.717) is 5.92 Å². The molecule has 0 spiro atoms. The van der Waals surface area contributed by atoms with Crippen molar-refractivity contribution < 1.29 is 0 Å². The Hall–Kier alpha value is -1.44. The van der Waals surface area contributed by atoms with E-state index in [2.05, 4.69) is 29.5 Å². The first kappa shape index (κ1) is 10.6. The maximum Gasteiger partial charge on any atom is 0.135 e. The van der Waals surface area contributed by atoms with Crippen molar-refractivity contribution in [3.8, 4) is 0 Å². The predicted molar refractivity (Wildman–Crippen MR) is 59.0 cm³/mol. The van der Waals surface area contributed by atoms with Gasteiger partial charge in [0.2, 0.25) is 0 Å². The molecule has 0 aliphatic carbocycles. The molecule has 74 valence electrons. The molecule has 1 atom stereocenters. The molecule has 0 N–H and O–H groups in total. The lowest BCUT2D eigenvalue weighted by Gasteiger charge is -2.08. The van der Waals surface area contributed by atoms with Crippen LogP contribution >= 0.6 is 0 Å². The fraction of sp³-hybridized carbons (Fsp3) is 0.333. The lowest BCUT2D eigenvalue weighted by atomic mass is 10.0. The van der Waals surface area contributed by atoms with Crippen molar-refractivity contribution in [2.45, 2.75) is 25.7 Å². The zero-order valence-electron chi connectivity index (χ0n) is 8.56. The minimum atomic E-state index is 0.319. The second-order valence-corrected chi connectivity index (χ2v) is 3.12. The van der Waals surface area contributed by atoms with Crippen LogP contribution in [0.4, 0.5) is 0 Å². The monoisotopic (exact) mass is 188 g/mol. The van der Waals surface area contributed by atoms with Crippen LogP contribution in [0.2, 0.25) is 0 Å². The fourth-order valence-electron chi connectivity index (χ4n) is 1.34. The topological polar surface area (TPSA) is 25.8 Å². The molecule has 1 heterocycles. The van der Waals surface area contributed by atoms with Crippen LogP contribution in [0.1, 0.15) is 31.5 Å². The molecule has 0 amide bonds. The highest BCUT2D eigenvalue weighted by atomic mass is 14.9. The van der Waals surface area contributed by atoms with E-state index < -0.39 is 0 Å². The van der Waals surface area contributed by atoms with Gasteiger partial charge in [-0.2, -0.15) is 0 Å². The van der Waals surface area contributed by atoms with Gasteiger partial charge in [0.05, 0.1) is 0 Å². The summed E-state index contributed by atoms with van der Waals surface area (Å²) in [5.41, 5.74) is 0. The molecule has 1 unspecified atom stereocenters. The first-order valence-corrected chi connectivity index (χ1v) is 4.94. The normalized spacial score (nSPS) is 12.9. The Bertz CT molecular complexity index is 290. The van der Waals surface area contributed by atoms with Crippen LogP contribution in [0.3, 0.4) is 0 Å². The van der Waals surface area contributed by atoms with Crippen LogP contribution in [0.25, 0.3) is 0 Å². The first-order chi connectivity index (χ1) is 6.88. The summed E-state index contributed by atoms with van der Waals surface area (Å²) >= 11 is 0. The van der Waals surface area contributed by atoms with Crippen LogP contribution in [-0.4, -0.2) is 9.97 Å². The van der Waals surface area contributed by atoms with Gasteiger partial charge in [-0.25, -0.2) is 9.97 Å². The zero-order chi connectivity index (χ0) is 10.2. The maximum atomic E-state index is 4.25. The SMILES string of the molecule is C=CC=CC(CCC)c1ncccn1. The summed E-state index contributed by atoms with van der Waals surface area (Å²) < 4.78 is 0. The van der Waals surface area contributed by atoms with E-state index in [-0.39, 0.29) is 0 Å². The Balaban J connectivity index is 2.77. The van der Waals surface area contributed by atoms with E-state index >= 15 is 0 Å². The van der Waals surface area contributed by atoms with Crippen molar-refractivity contribution in [3.63, 3.8) is 0 Å². The number of hydrogen-bond acceptors (Lipinski definition) is 2. The Kier molecular flexibility index (Phi) is 4.62. The van der Waals surface area contributed by atoms with Crippen molar-refractivity contribution >= 4 is 0 Å². The van der Waals surface area contributed by atoms with E-state index in [1.54, 1.807) is 18.5 Å². The summed E-state index contributed by atoms with van der Waals surface area (Å²) in [6, 6.07) is 1.84. The third kappa shape index (κ3) is 3.13. The third-order valence-corrected chi connectivity index (χ3v) is 2.00. The number of nitrogens with zero attached hydrogens (tertiary/aromatic N) is 2. The first-order valence-electron chi connectivity index (χ1n) is 4.94. The van der Waals surface area contributed by atoms with E-state index in [0.717, 1.165) is 18.7 Å². The second-order valence-electron chi connectivity index (χ2n) is 3.12. The lowest BCUT2D eigenvalue weighted by molar-refractivity contribution is 0.676. The standard InChI is InChI=1S/C12H16N2/c1-3-5-8-11(7-4-2)12-13-9-6-10-14-12/h3,5-6,8-11H,1,4,7H2,2H3. The number of aromatic nitrogens is 2. The van der Waals surface area contributed by atoms with Gasteiger partial charge in [0.25, 0.3) is 0 Å². The number of allylic oxidation sites excluding steroid dienone is 3. The predicted octanol–water partition coefficient (Wildman–Crippen LogP) is 3.10. The summed E-state index contributed by atoms with van der Waals surface area (Å²) in [4.78, 5) is 8.51. The van der Waals surface area contributed by atoms with Crippen molar-refractivity contribution in [3.05, 3.63) is 49.1 Å². The Morgan fingerprint density at radius 3 is 2.71 bits per heavy atom. The van der Waals surface area contributed by atoms with Crippen molar-refractivity contribution in [1.82, 2.24) is 9.97 Å². The summed E-state index contributed by atoms with van der Waals surface area (Å²) in [6.07, 6.45) is 11.6. The van der Waals surface area contributed by atoms with E-state index in [1.807, 2.05) is 12.1 Å². The largest absolute Gasteiger partial charge is 0.241 e. The highest BCUT2D eigenvalue weighted by Crippen LogP contribution is 2.18. The average molecular weight is 188 g/mol. The van der Waals surface area contributed by atoms with Crippen molar-refractivity contribution in [1.29, 1.82) is 0 Å². The Labute approximate surface area is 85.4 Å². The smallest absolute Gasteiger partial charge is 0.135 e. The van der Waals surface area contributed by atoms with Gasteiger partial charge in [0, 0.05) is 18.3 Å². The van der Waals surface area contributed by atoms with Gasteiger partial charge in [0.15, 0.2) is 0 Å². The molecular formula is C12H16N2.